The number of hydrogen-bond acceptors (Lipinski definition) is 3. The van der Waals surface area contributed by atoms with E-state index >= 15 is 0 Å². The molecule has 0 radical (unpaired) electrons. The van der Waals surface area contributed by atoms with Crippen molar-refractivity contribution >= 4 is 27.5 Å². The van der Waals surface area contributed by atoms with Gasteiger partial charge in [-0.3, -0.25) is 4.79 Å². The average Bonchev–Trinajstić information content (AvgIpc) is 2.62. The van der Waals surface area contributed by atoms with E-state index in [0.717, 1.165) is 22.5 Å². The number of carbonyl (C=O) groups excluding carboxylic acids is 1. The Kier molecular flexibility index (Phi) is 8.04. The van der Waals surface area contributed by atoms with E-state index in [-0.39, 0.29) is 25.0 Å². The molecule has 0 saturated carbocycles. The van der Waals surface area contributed by atoms with Crippen LogP contribution in [-0.2, 0) is 21.4 Å². The Morgan fingerprint density at radius 1 is 1.07 bits per heavy atom. The minimum Gasteiger partial charge on any atom is -0.348 e. The molecule has 0 unspecified atom stereocenters. The summed E-state index contributed by atoms with van der Waals surface area (Å²) < 4.78 is 25.6. The number of benzene rings is 2. The number of sulfonamides is 1. The molecule has 0 aliphatic heterocycles. The lowest BCUT2D eigenvalue weighted by Gasteiger charge is -2.24. The van der Waals surface area contributed by atoms with Crippen LogP contribution in [0.3, 0.4) is 0 Å². The third-order valence-corrected chi connectivity index (χ3v) is 5.90. The summed E-state index contributed by atoms with van der Waals surface area (Å²) in [4.78, 5) is 12.7. The molecule has 152 valence electrons. The first kappa shape index (κ1) is 22.4. The summed E-state index contributed by atoms with van der Waals surface area (Å²) in [6.07, 6.45) is 1.86. The van der Waals surface area contributed by atoms with Gasteiger partial charge in [0.25, 0.3) is 0 Å². The van der Waals surface area contributed by atoms with Crippen LogP contribution in [0.5, 0.6) is 0 Å². The molecule has 2 aromatic carbocycles. The quantitative estimate of drug-likeness (QED) is 0.664. The highest BCUT2D eigenvalue weighted by molar-refractivity contribution is 7.88. The van der Waals surface area contributed by atoms with Gasteiger partial charge in [0, 0.05) is 11.6 Å². The SMILES string of the molecule is CC(C)C[C@H](NC(=O)CN(Cc1ccccc1Cl)S(C)(=O)=O)c1ccccc1. The summed E-state index contributed by atoms with van der Waals surface area (Å²) in [5, 5.41) is 3.46. The highest BCUT2D eigenvalue weighted by Gasteiger charge is 2.23. The normalized spacial score (nSPS) is 12.9. The number of carbonyl (C=O) groups is 1. The number of nitrogens with zero attached hydrogens (tertiary/aromatic N) is 1. The van der Waals surface area contributed by atoms with Crippen LogP contribution in [0.1, 0.15) is 37.4 Å². The van der Waals surface area contributed by atoms with E-state index in [0.29, 0.717) is 16.5 Å². The van der Waals surface area contributed by atoms with Crippen molar-refractivity contribution in [2.24, 2.45) is 5.92 Å². The lowest BCUT2D eigenvalue weighted by Crippen LogP contribution is -2.41. The van der Waals surface area contributed by atoms with E-state index in [1.165, 1.54) is 0 Å². The van der Waals surface area contributed by atoms with Crippen LogP contribution in [0.25, 0.3) is 0 Å². The minimum absolute atomic E-state index is 0.0477. The molecule has 5 nitrogen and oxygen atoms in total. The van der Waals surface area contributed by atoms with E-state index in [9.17, 15) is 13.2 Å². The molecule has 2 rings (SSSR count). The number of nitrogens with one attached hydrogen (secondary N) is 1. The van der Waals surface area contributed by atoms with Gasteiger partial charge in [-0.2, -0.15) is 4.31 Å². The van der Waals surface area contributed by atoms with Crippen LogP contribution in [0.15, 0.2) is 54.6 Å². The molecule has 0 heterocycles. The van der Waals surface area contributed by atoms with Crippen LogP contribution in [0.2, 0.25) is 5.02 Å². The summed E-state index contributed by atoms with van der Waals surface area (Å²) >= 11 is 6.15. The lowest BCUT2D eigenvalue weighted by molar-refractivity contribution is -0.122. The molecule has 28 heavy (non-hydrogen) atoms. The van der Waals surface area contributed by atoms with Crippen molar-refractivity contribution in [3.05, 3.63) is 70.7 Å². The summed E-state index contributed by atoms with van der Waals surface area (Å²) in [5.74, 6) is 0.0339. The Labute approximate surface area is 172 Å². The summed E-state index contributed by atoms with van der Waals surface area (Å²) in [7, 11) is -3.58. The van der Waals surface area contributed by atoms with Crippen molar-refractivity contribution in [1.29, 1.82) is 0 Å². The van der Waals surface area contributed by atoms with E-state index in [2.05, 4.69) is 19.2 Å². The smallest absolute Gasteiger partial charge is 0.235 e. The molecular formula is C21H27ClN2O3S. The highest BCUT2D eigenvalue weighted by atomic mass is 35.5. The summed E-state index contributed by atoms with van der Waals surface area (Å²) in [6, 6.07) is 16.5. The van der Waals surface area contributed by atoms with Gasteiger partial charge in [-0.1, -0.05) is 74.0 Å². The third kappa shape index (κ3) is 6.93. The summed E-state index contributed by atoms with van der Waals surface area (Å²) in [6.45, 7) is 3.96. The minimum atomic E-state index is -3.58. The van der Waals surface area contributed by atoms with Gasteiger partial charge < -0.3 is 5.32 Å². The van der Waals surface area contributed by atoms with Crippen molar-refractivity contribution < 1.29 is 13.2 Å². The monoisotopic (exact) mass is 422 g/mol. The van der Waals surface area contributed by atoms with Gasteiger partial charge in [-0.05, 0) is 29.5 Å². The molecule has 7 heteroatoms. The van der Waals surface area contributed by atoms with Crippen LogP contribution in [0.4, 0.5) is 0 Å². The predicted molar refractivity (Wildman–Crippen MR) is 113 cm³/mol. The molecule has 2 aromatic rings. The van der Waals surface area contributed by atoms with Crippen molar-refractivity contribution in [1.82, 2.24) is 9.62 Å². The molecule has 0 aliphatic rings. The molecule has 0 aliphatic carbocycles. The van der Waals surface area contributed by atoms with Gasteiger partial charge in [0.15, 0.2) is 0 Å². The molecule has 0 spiro atoms. The summed E-state index contributed by atoms with van der Waals surface area (Å²) in [5.41, 5.74) is 1.66. The zero-order valence-electron chi connectivity index (χ0n) is 16.4. The Balaban J connectivity index is 2.14. The fourth-order valence-corrected chi connectivity index (χ4v) is 3.86. The van der Waals surface area contributed by atoms with Crippen molar-refractivity contribution in [3.63, 3.8) is 0 Å². The van der Waals surface area contributed by atoms with Crippen molar-refractivity contribution in [3.8, 4) is 0 Å². The molecular weight excluding hydrogens is 396 g/mol. The van der Waals surface area contributed by atoms with Crippen LogP contribution in [0, 0.1) is 5.92 Å². The third-order valence-electron chi connectivity index (χ3n) is 4.34. The zero-order valence-corrected chi connectivity index (χ0v) is 18.0. The molecule has 0 fully saturated rings. The zero-order chi connectivity index (χ0) is 20.7. The maximum atomic E-state index is 12.7. The van der Waals surface area contributed by atoms with Gasteiger partial charge >= 0.3 is 0 Å². The van der Waals surface area contributed by atoms with E-state index in [1.54, 1.807) is 24.3 Å². The molecule has 1 N–H and O–H groups in total. The first-order valence-corrected chi connectivity index (χ1v) is 11.4. The molecule has 1 amide bonds. The second-order valence-electron chi connectivity index (χ2n) is 7.28. The maximum absolute atomic E-state index is 12.7. The Morgan fingerprint density at radius 2 is 1.68 bits per heavy atom. The Bertz CT molecular complexity index is 886. The standard InChI is InChI=1S/C21H27ClN2O3S/c1-16(2)13-20(17-9-5-4-6-10-17)23-21(25)15-24(28(3,26)27)14-18-11-7-8-12-19(18)22/h4-12,16,20H,13-15H2,1-3H3,(H,23,25)/t20-/m0/s1. The van der Waals surface area contributed by atoms with Gasteiger partial charge in [0.1, 0.15) is 0 Å². The van der Waals surface area contributed by atoms with Gasteiger partial charge in [0.2, 0.25) is 15.9 Å². The number of rotatable bonds is 9. The number of hydrogen-bond donors (Lipinski definition) is 1. The first-order valence-electron chi connectivity index (χ1n) is 9.19. The average molecular weight is 423 g/mol. The lowest BCUT2D eigenvalue weighted by atomic mass is 9.97. The number of amides is 1. The largest absolute Gasteiger partial charge is 0.348 e. The Morgan fingerprint density at radius 3 is 2.25 bits per heavy atom. The van der Waals surface area contributed by atoms with Gasteiger partial charge in [0.05, 0.1) is 18.8 Å². The van der Waals surface area contributed by atoms with E-state index in [1.807, 2.05) is 30.3 Å². The fourth-order valence-electron chi connectivity index (χ4n) is 2.94. The van der Waals surface area contributed by atoms with Crippen LogP contribution < -0.4 is 5.32 Å². The number of halogens is 1. The fraction of sp³-hybridized carbons (Fsp3) is 0.381. The Hall–Kier alpha value is -1.89. The molecule has 0 bridgehead atoms. The predicted octanol–water partition coefficient (Wildman–Crippen LogP) is 4.01. The highest BCUT2D eigenvalue weighted by Crippen LogP contribution is 2.22. The van der Waals surface area contributed by atoms with E-state index in [4.69, 9.17) is 11.6 Å². The second kappa shape index (κ2) is 10.0. The first-order chi connectivity index (χ1) is 13.2. The van der Waals surface area contributed by atoms with Crippen molar-refractivity contribution in [2.45, 2.75) is 32.9 Å². The second-order valence-corrected chi connectivity index (χ2v) is 9.67. The van der Waals surface area contributed by atoms with Crippen LogP contribution >= 0.6 is 11.6 Å². The molecule has 0 aromatic heterocycles. The van der Waals surface area contributed by atoms with Gasteiger partial charge in [-0.15, -0.1) is 0 Å². The van der Waals surface area contributed by atoms with Gasteiger partial charge in [-0.25, -0.2) is 8.42 Å². The topological polar surface area (TPSA) is 66.5 Å². The maximum Gasteiger partial charge on any atom is 0.235 e. The molecule has 0 saturated heterocycles. The van der Waals surface area contributed by atoms with Crippen LogP contribution in [-0.4, -0.2) is 31.4 Å². The molecule has 1 atom stereocenters. The van der Waals surface area contributed by atoms with Crippen molar-refractivity contribution in [2.75, 3.05) is 12.8 Å². The van der Waals surface area contributed by atoms with E-state index < -0.39 is 10.0 Å².